The van der Waals surface area contributed by atoms with E-state index in [4.69, 9.17) is 4.74 Å². The van der Waals surface area contributed by atoms with Crippen LogP contribution in [-0.2, 0) is 10.3 Å². The Morgan fingerprint density at radius 1 is 1.35 bits per heavy atom. The monoisotopic (exact) mass is 299 g/mol. The molecule has 0 unspecified atom stereocenters. The minimum Gasteiger partial charge on any atom is -0.372 e. The summed E-state index contributed by atoms with van der Waals surface area (Å²) in [6.07, 6.45) is 2.43. The summed E-state index contributed by atoms with van der Waals surface area (Å²) in [6, 6.07) is 0. The highest BCUT2D eigenvalue weighted by Crippen LogP contribution is 2.44. The fourth-order valence-electron chi connectivity index (χ4n) is 1.62. The molecular formula is C12H18BrN3O. The van der Waals surface area contributed by atoms with Gasteiger partial charge in [0.15, 0.2) is 5.82 Å². The molecule has 1 heterocycles. The second-order valence-corrected chi connectivity index (χ2v) is 5.63. The first-order chi connectivity index (χ1) is 7.99. The highest BCUT2D eigenvalue weighted by Gasteiger charge is 2.32. The van der Waals surface area contributed by atoms with Crippen molar-refractivity contribution in [2.45, 2.75) is 38.2 Å². The van der Waals surface area contributed by atoms with Crippen molar-refractivity contribution < 1.29 is 4.74 Å². The Balaban J connectivity index is 2.50. The largest absolute Gasteiger partial charge is 0.372 e. The van der Waals surface area contributed by atoms with Crippen LogP contribution in [0.1, 0.15) is 44.1 Å². The highest BCUT2D eigenvalue weighted by atomic mass is 79.9. The Labute approximate surface area is 110 Å². The SMILES string of the molecule is CNc1nc(C(C)(C)OC)nc(C2CC2)c1Br. The normalized spacial score (nSPS) is 16.1. The Morgan fingerprint density at radius 3 is 2.47 bits per heavy atom. The molecule has 0 bridgehead atoms. The molecule has 1 aromatic heterocycles. The fourth-order valence-corrected chi connectivity index (χ4v) is 2.32. The smallest absolute Gasteiger partial charge is 0.162 e. The van der Waals surface area contributed by atoms with Crippen LogP contribution in [0.15, 0.2) is 4.47 Å². The highest BCUT2D eigenvalue weighted by molar-refractivity contribution is 9.10. The summed E-state index contributed by atoms with van der Waals surface area (Å²) in [5.41, 5.74) is 0.639. The molecule has 0 radical (unpaired) electrons. The van der Waals surface area contributed by atoms with Crippen molar-refractivity contribution in [2.75, 3.05) is 19.5 Å². The molecule has 0 atom stereocenters. The molecule has 4 nitrogen and oxygen atoms in total. The standard InChI is InChI=1S/C12H18BrN3O/c1-12(2,17-4)11-15-9(7-5-6-7)8(13)10(14-3)16-11/h7H,5-6H2,1-4H3,(H,14,15,16). The first kappa shape index (κ1) is 12.8. The number of hydrogen-bond donors (Lipinski definition) is 1. The van der Waals surface area contributed by atoms with Gasteiger partial charge in [-0.25, -0.2) is 9.97 Å². The van der Waals surface area contributed by atoms with Crippen molar-refractivity contribution in [1.82, 2.24) is 9.97 Å². The zero-order valence-electron chi connectivity index (χ0n) is 10.7. The third kappa shape index (κ3) is 2.45. The van der Waals surface area contributed by atoms with Crippen molar-refractivity contribution in [1.29, 1.82) is 0 Å². The molecule has 94 valence electrons. The molecule has 0 aliphatic heterocycles. The van der Waals surface area contributed by atoms with Gasteiger partial charge in [-0.05, 0) is 42.6 Å². The molecule has 1 saturated carbocycles. The number of hydrogen-bond acceptors (Lipinski definition) is 4. The maximum absolute atomic E-state index is 5.45. The summed E-state index contributed by atoms with van der Waals surface area (Å²) >= 11 is 3.58. The van der Waals surface area contributed by atoms with Gasteiger partial charge in [0.2, 0.25) is 0 Å². The maximum atomic E-state index is 5.45. The van der Waals surface area contributed by atoms with Gasteiger partial charge in [0, 0.05) is 20.1 Å². The summed E-state index contributed by atoms with van der Waals surface area (Å²) in [4.78, 5) is 9.17. The Morgan fingerprint density at radius 2 is 2.00 bits per heavy atom. The van der Waals surface area contributed by atoms with Crippen LogP contribution in [-0.4, -0.2) is 24.1 Å². The number of rotatable bonds is 4. The van der Waals surface area contributed by atoms with Crippen molar-refractivity contribution >= 4 is 21.7 Å². The minimum absolute atomic E-state index is 0.462. The first-order valence-electron chi connectivity index (χ1n) is 5.80. The van der Waals surface area contributed by atoms with Crippen molar-refractivity contribution in [2.24, 2.45) is 0 Å². The number of aromatic nitrogens is 2. The Bertz CT molecular complexity index is 430. The summed E-state index contributed by atoms with van der Waals surface area (Å²) in [6.45, 7) is 3.96. The first-order valence-corrected chi connectivity index (χ1v) is 6.59. The van der Waals surface area contributed by atoms with Gasteiger partial charge in [-0.3, -0.25) is 0 Å². The zero-order chi connectivity index (χ0) is 12.6. The van der Waals surface area contributed by atoms with Crippen LogP contribution in [0.2, 0.25) is 0 Å². The number of nitrogens with one attached hydrogen (secondary N) is 1. The topological polar surface area (TPSA) is 47.0 Å². The van der Waals surface area contributed by atoms with Gasteiger partial charge in [-0.2, -0.15) is 0 Å². The van der Waals surface area contributed by atoms with Crippen LogP contribution >= 0.6 is 15.9 Å². The third-order valence-electron chi connectivity index (χ3n) is 3.13. The van der Waals surface area contributed by atoms with Gasteiger partial charge in [-0.1, -0.05) is 0 Å². The summed E-state index contributed by atoms with van der Waals surface area (Å²) in [5, 5.41) is 3.10. The summed E-state index contributed by atoms with van der Waals surface area (Å²) < 4.78 is 6.43. The number of ether oxygens (including phenoxy) is 1. The summed E-state index contributed by atoms with van der Waals surface area (Å²) in [7, 11) is 3.55. The quantitative estimate of drug-likeness (QED) is 0.928. The van der Waals surface area contributed by atoms with Gasteiger partial charge in [0.1, 0.15) is 11.4 Å². The van der Waals surface area contributed by atoms with E-state index < -0.39 is 5.60 Å². The molecule has 1 fully saturated rings. The Kier molecular flexibility index (Phi) is 3.41. The van der Waals surface area contributed by atoms with Crippen molar-refractivity contribution in [3.8, 4) is 0 Å². The lowest BCUT2D eigenvalue weighted by atomic mass is 10.1. The number of nitrogens with zero attached hydrogens (tertiary/aromatic N) is 2. The molecule has 0 saturated heterocycles. The van der Waals surface area contributed by atoms with E-state index in [0.29, 0.717) is 5.92 Å². The van der Waals surface area contributed by atoms with Gasteiger partial charge in [0.25, 0.3) is 0 Å². The minimum atomic E-state index is -0.462. The van der Waals surface area contributed by atoms with Crippen molar-refractivity contribution in [3.05, 3.63) is 16.0 Å². The van der Waals surface area contributed by atoms with E-state index >= 15 is 0 Å². The number of anilines is 1. The predicted molar refractivity (Wildman–Crippen MR) is 71.3 cm³/mol. The average Bonchev–Trinajstić information content (AvgIpc) is 3.13. The lowest BCUT2D eigenvalue weighted by molar-refractivity contribution is 0.0114. The number of methoxy groups -OCH3 is 1. The zero-order valence-corrected chi connectivity index (χ0v) is 12.3. The van der Waals surface area contributed by atoms with Gasteiger partial charge in [0.05, 0.1) is 10.2 Å². The van der Waals surface area contributed by atoms with Crippen LogP contribution in [0.4, 0.5) is 5.82 Å². The van der Waals surface area contributed by atoms with E-state index in [1.807, 2.05) is 20.9 Å². The van der Waals surface area contributed by atoms with Crippen LogP contribution in [0.25, 0.3) is 0 Å². The molecule has 1 aliphatic rings. The molecule has 2 rings (SSSR count). The van der Waals surface area contributed by atoms with E-state index in [-0.39, 0.29) is 0 Å². The molecule has 1 aromatic rings. The molecule has 0 aromatic carbocycles. The molecule has 1 aliphatic carbocycles. The van der Waals surface area contributed by atoms with E-state index in [9.17, 15) is 0 Å². The fraction of sp³-hybridized carbons (Fsp3) is 0.667. The second kappa shape index (κ2) is 4.53. The van der Waals surface area contributed by atoms with Gasteiger partial charge >= 0.3 is 0 Å². The molecule has 0 spiro atoms. The maximum Gasteiger partial charge on any atom is 0.162 e. The van der Waals surface area contributed by atoms with E-state index in [1.54, 1.807) is 7.11 Å². The molecule has 17 heavy (non-hydrogen) atoms. The van der Waals surface area contributed by atoms with Crippen LogP contribution < -0.4 is 5.32 Å². The lowest BCUT2D eigenvalue weighted by Crippen LogP contribution is -2.24. The van der Waals surface area contributed by atoms with E-state index in [2.05, 4.69) is 31.2 Å². The molecule has 5 heteroatoms. The van der Waals surface area contributed by atoms with Gasteiger partial charge < -0.3 is 10.1 Å². The third-order valence-corrected chi connectivity index (χ3v) is 3.91. The van der Waals surface area contributed by atoms with E-state index in [0.717, 1.165) is 21.8 Å². The number of halogens is 1. The van der Waals surface area contributed by atoms with Crippen LogP contribution in [0.3, 0.4) is 0 Å². The second-order valence-electron chi connectivity index (χ2n) is 4.83. The summed E-state index contributed by atoms with van der Waals surface area (Å²) in [5.74, 6) is 2.14. The molecular weight excluding hydrogens is 282 g/mol. The van der Waals surface area contributed by atoms with E-state index in [1.165, 1.54) is 12.8 Å². The Hall–Kier alpha value is -0.680. The van der Waals surface area contributed by atoms with Crippen LogP contribution in [0.5, 0.6) is 0 Å². The van der Waals surface area contributed by atoms with Gasteiger partial charge in [-0.15, -0.1) is 0 Å². The molecule has 0 amide bonds. The van der Waals surface area contributed by atoms with Crippen molar-refractivity contribution in [3.63, 3.8) is 0 Å². The van der Waals surface area contributed by atoms with Crippen LogP contribution in [0, 0.1) is 0 Å². The molecule has 1 N–H and O–H groups in total. The lowest BCUT2D eigenvalue weighted by Gasteiger charge is -2.23. The predicted octanol–water partition coefficient (Wildman–Crippen LogP) is 3.04. The average molecular weight is 300 g/mol.